The smallest absolute Gasteiger partial charge is 0.227 e. The number of carbonyl (C=O) groups excluding carboxylic acids is 1. The van der Waals surface area contributed by atoms with Gasteiger partial charge >= 0.3 is 0 Å². The van der Waals surface area contributed by atoms with Gasteiger partial charge in [0.1, 0.15) is 11.5 Å². The second kappa shape index (κ2) is 7.88. The Balaban J connectivity index is 2.09. The number of nitrogens with zero attached hydrogens (tertiary/aromatic N) is 1. The quantitative estimate of drug-likeness (QED) is 0.811. The average Bonchev–Trinajstić information content (AvgIpc) is 2.54. The minimum Gasteiger partial charge on any atom is -0.497 e. The second-order valence-corrected chi connectivity index (χ2v) is 5.67. The van der Waals surface area contributed by atoms with Gasteiger partial charge in [-0.3, -0.25) is 4.79 Å². The van der Waals surface area contributed by atoms with Gasteiger partial charge in [0, 0.05) is 24.2 Å². The van der Waals surface area contributed by atoms with Crippen molar-refractivity contribution in [2.45, 2.75) is 13.0 Å². The van der Waals surface area contributed by atoms with Crippen molar-refractivity contribution in [2.24, 2.45) is 0 Å². The van der Waals surface area contributed by atoms with Crippen molar-refractivity contribution in [1.29, 1.82) is 0 Å². The third-order valence-corrected chi connectivity index (χ3v) is 3.80. The molecule has 0 saturated carbocycles. The summed E-state index contributed by atoms with van der Waals surface area (Å²) in [5.74, 6) is 1.37. The Morgan fingerprint density at radius 1 is 1.13 bits per heavy atom. The number of carbonyl (C=O) groups is 1. The number of methoxy groups -OCH3 is 2. The van der Waals surface area contributed by atoms with E-state index in [2.05, 4.69) is 0 Å². The lowest BCUT2D eigenvalue weighted by atomic mass is 10.1. The van der Waals surface area contributed by atoms with Crippen LogP contribution in [0.2, 0.25) is 5.02 Å². The lowest BCUT2D eigenvalue weighted by molar-refractivity contribution is -0.129. The molecule has 4 nitrogen and oxygen atoms in total. The second-order valence-electron chi connectivity index (χ2n) is 5.23. The highest BCUT2D eigenvalue weighted by Crippen LogP contribution is 2.25. The van der Waals surface area contributed by atoms with Crippen LogP contribution in [0.1, 0.15) is 11.1 Å². The number of hydrogen-bond donors (Lipinski definition) is 0. The fourth-order valence-corrected chi connectivity index (χ4v) is 2.53. The first kappa shape index (κ1) is 17.2. The molecule has 0 aliphatic heterocycles. The van der Waals surface area contributed by atoms with Gasteiger partial charge < -0.3 is 14.4 Å². The monoisotopic (exact) mass is 333 g/mol. The van der Waals surface area contributed by atoms with Gasteiger partial charge in [0.2, 0.25) is 5.91 Å². The van der Waals surface area contributed by atoms with E-state index in [1.54, 1.807) is 32.2 Å². The van der Waals surface area contributed by atoms with Crippen LogP contribution in [0.5, 0.6) is 11.5 Å². The summed E-state index contributed by atoms with van der Waals surface area (Å²) in [6.45, 7) is 0.506. The zero-order valence-corrected chi connectivity index (χ0v) is 14.3. The van der Waals surface area contributed by atoms with Crippen LogP contribution in [0.3, 0.4) is 0 Å². The number of ether oxygens (including phenoxy) is 2. The molecule has 2 rings (SSSR count). The summed E-state index contributed by atoms with van der Waals surface area (Å²) in [5, 5.41) is 0.665. The normalized spacial score (nSPS) is 10.3. The van der Waals surface area contributed by atoms with Gasteiger partial charge in [-0.05, 0) is 35.9 Å². The van der Waals surface area contributed by atoms with Crippen LogP contribution in [0.25, 0.3) is 0 Å². The molecule has 0 heterocycles. The van der Waals surface area contributed by atoms with Gasteiger partial charge in [-0.2, -0.15) is 0 Å². The van der Waals surface area contributed by atoms with Crippen LogP contribution >= 0.6 is 11.6 Å². The van der Waals surface area contributed by atoms with E-state index in [4.69, 9.17) is 21.1 Å². The molecule has 0 fully saturated rings. The Kier molecular flexibility index (Phi) is 5.88. The topological polar surface area (TPSA) is 38.8 Å². The number of benzene rings is 2. The summed E-state index contributed by atoms with van der Waals surface area (Å²) in [5.41, 5.74) is 1.79. The Hall–Kier alpha value is -2.20. The van der Waals surface area contributed by atoms with E-state index in [9.17, 15) is 4.79 Å². The van der Waals surface area contributed by atoms with Crippen LogP contribution in [0.4, 0.5) is 0 Å². The van der Waals surface area contributed by atoms with E-state index in [1.165, 1.54) is 0 Å². The van der Waals surface area contributed by atoms with Crippen molar-refractivity contribution in [2.75, 3.05) is 21.3 Å². The lowest BCUT2D eigenvalue weighted by Gasteiger charge is -2.18. The molecule has 0 saturated heterocycles. The summed E-state index contributed by atoms with van der Waals surface area (Å²) in [6, 6.07) is 12.9. The molecule has 5 heteroatoms. The van der Waals surface area contributed by atoms with E-state index in [1.807, 2.05) is 36.4 Å². The van der Waals surface area contributed by atoms with Gasteiger partial charge in [-0.15, -0.1) is 0 Å². The van der Waals surface area contributed by atoms with Crippen molar-refractivity contribution in [3.8, 4) is 11.5 Å². The van der Waals surface area contributed by atoms with Gasteiger partial charge in [0.05, 0.1) is 20.6 Å². The molecule has 1 amide bonds. The van der Waals surface area contributed by atoms with Crippen molar-refractivity contribution in [3.63, 3.8) is 0 Å². The standard InChI is InChI=1S/C18H20ClNO3/c1-20(12-13-5-4-6-15(19)9-13)18(21)11-14-10-16(22-2)7-8-17(14)23-3/h4-10H,11-12H2,1-3H3. The maximum Gasteiger partial charge on any atom is 0.227 e. The van der Waals surface area contributed by atoms with E-state index >= 15 is 0 Å². The summed E-state index contributed by atoms with van der Waals surface area (Å²) in [4.78, 5) is 14.1. The Bertz CT molecular complexity index is 688. The minimum atomic E-state index is -0.00321. The van der Waals surface area contributed by atoms with Gasteiger partial charge in [-0.1, -0.05) is 23.7 Å². The van der Waals surface area contributed by atoms with Crippen molar-refractivity contribution >= 4 is 17.5 Å². The van der Waals surface area contributed by atoms with Gasteiger partial charge in [-0.25, -0.2) is 0 Å². The first-order valence-electron chi connectivity index (χ1n) is 7.22. The van der Waals surface area contributed by atoms with Crippen molar-refractivity contribution in [3.05, 3.63) is 58.6 Å². The van der Waals surface area contributed by atoms with Crippen LogP contribution in [-0.4, -0.2) is 32.1 Å². The summed E-state index contributed by atoms with van der Waals surface area (Å²) in [6.07, 6.45) is 0.247. The van der Waals surface area contributed by atoms with Crippen LogP contribution < -0.4 is 9.47 Å². The number of amides is 1. The third-order valence-electron chi connectivity index (χ3n) is 3.56. The minimum absolute atomic E-state index is 0.00321. The molecule has 23 heavy (non-hydrogen) atoms. The summed E-state index contributed by atoms with van der Waals surface area (Å²) < 4.78 is 10.5. The maximum absolute atomic E-state index is 12.5. The largest absolute Gasteiger partial charge is 0.497 e. The first-order valence-corrected chi connectivity index (χ1v) is 7.60. The number of halogens is 1. The highest BCUT2D eigenvalue weighted by Gasteiger charge is 2.14. The highest BCUT2D eigenvalue weighted by atomic mass is 35.5. The average molecular weight is 334 g/mol. The summed E-state index contributed by atoms with van der Waals surface area (Å²) >= 11 is 5.98. The predicted octanol–water partition coefficient (Wildman–Crippen LogP) is 3.56. The molecule has 0 N–H and O–H groups in total. The fourth-order valence-electron chi connectivity index (χ4n) is 2.32. The lowest BCUT2D eigenvalue weighted by Crippen LogP contribution is -2.27. The molecule has 122 valence electrons. The molecular formula is C18H20ClNO3. The predicted molar refractivity (Wildman–Crippen MR) is 91.2 cm³/mol. The molecule has 0 atom stereocenters. The fraction of sp³-hybridized carbons (Fsp3) is 0.278. The van der Waals surface area contributed by atoms with Crippen molar-refractivity contribution in [1.82, 2.24) is 4.90 Å². The van der Waals surface area contributed by atoms with E-state index in [-0.39, 0.29) is 12.3 Å². The SMILES string of the molecule is COc1ccc(OC)c(CC(=O)N(C)Cc2cccc(Cl)c2)c1. The van der Waals surface area contributed by atoms with E-state index < -0.39 is 0 Å². The van der Waals surface area contributed by atoms with Gasteiger partial charge in [0.15, 0.2) is 0 Å². The molecule has 0 aliphatic rings. The highest BCUT2D eigenvalue weighted by molar-refractivity contribution is 6.30. The maximum atomic E-state index is 12.5. The van der Waals surface area contributed by atoms with Gasteiger partial charge in [0.25, 0.3) is 0 Å². The van der Waals surface area contributed by atoms with E-state index in [0.29, 0.717) is 23.1 Å². The van der Waals surface area contributed by atoms with Crippen LogP contribution in [-0.2, 0) is 17.8 Å². The van der Waals surface area contributed by atoms with Crippen molar-refractivity contribution < 1.29 is 14.3 Å². The first-order chi connectivity index (χ1) is 11.0. The molecule has 0 bridgehead atoms. The molecule has 0 unspecified atom stereocenters. The molecule has 0 radical (unpaired) electrons. The number of rotatable bonds is 6. The zero-order valence-electron chi connectivity index (χ0n) is 13.5. The number of hydrogen-bond acceptors (Lipinski definition) is 3. The number of likely N-dealkylation sites (N-methyl/N-ethyl adjacent to an activating group) is 1. The Morgan fingerprint density at radius 2 is 1.91 bits per heavy atom. The molecule has 0 spiro atoms. The zero-order chi connectivity index (χ0) is 16.8. The Morgan fingerprint density at radius 3 is 2.57 bits per heavy atom. The molecule has 2 aromatic carbocycles. The third kappa shape index (κ3) is 4.63. The molecule has 2 aromatic rings. The molecular weight excluding hydrogens is 314 g/mol. The molecule has 0 aromatic heterocycles. The Labute approximate surface area is 141 Å². The van der Waals surface area contributed by atoms with Crippen LogP contribution in [0, 0.1) is 0 Å². The summed E-state index contributed by atoms with van der Waals surface area (Å²) in [7, 11) is 4.96. The van der Waals surface area contributed by atoms with Crippen LogP contribution in [0.15, 0.2) is 42.5 Å². The molecule has 0 aliphatic carbocycles. The van der Waals surface area contributed by atoms with E-state index in [0.717, 1.165) is 11.1 Å².